The lowest BCUT2D eigenvalue weighted by molar-refractivity contribution is -0.193. The van der Waals surface area contributed by atoms with E-state index in [2.05, 4.69) is 6.92 Å². The van der Waals surface area contributed by atoms with E-state index in [4.69, 9.17) is 9.47 Å². The van der Waals surface area contributed by atoms with Gasteiger partial charge >= 0.3 is 0 Å². The molecule has 0 unspecified atom stereocenters. The molecule has 3 nitrogen and oxygen atoms in total. The van der Waals surface area contributed by atoms with Crippen molar-refractivity contribution < 1.29 is 14.3 Å². The molecule has 0 aromatic carbocycles. The predicted molar refractivity (Wildman–Crippen MR) is 58.9 cm³/mol. The van der Waals surface area contributed by atoms with Gasteiger partial charge in [-0.05, 0) is 30.9 Å². The van der Waals surface area contributed by atoms with Crippen LogP contribution in [0.1, 0.15) is 45.4 Å². The van der Waals surface area contributed by atoms with E-state index in [0.717, 1.165) is 37.7 Å². The van der Waals surface area contributed by atoms with Crippen LogP contribution in [0, 0.1) is 0 Å². The zero-order chi connectivity index (χ0) is 11.2. The highest BCUT2D eigenvalue weighted by molar-refractivity contribution is 5.98. The summed E-state index contributed by atoms with van der Waals surface area (Å²) < 4.78 is 12.0. The number of hydrogen-bond acceptors (Lipinski definition) is 3. The van der Waals surface area contributed by atoms with Gasteiger partial charge in [-0.2, -0.15) is 0 Å². The van der Waals surface area contributed by atoms with E-state index in [-0.39, 0.29) is 18.0 Å². The number of hydrogen-bond donors (Lipinski definition) is 0. The third kappa shape index (κ3) is 1.45. The molecule has 2 fully saturated rings. The highest BCUT2D eigenvalue weighted by atomic mass is 16.8. The maximum Gasteiger partial charge on any atom is 0.187 e. The molecule has 3 rings (SSSR count). The van der Waals surface area contributed by atoms with Crippen LogP contribution >= 0.6 is 0 Å². The first-order valence-corrected chi connectivity index (χ1v) is 6.34. The van der Waals surface area contributed by atoms with E-state index >= 15 is 0 Å². The lowest BCUT2D eigenvalue weighted by Gasteiger charge is -2.32. The van der Waals surface area contributed by atoms with Gasteiger partial charge in [0.25, 0.3) is 0 Å². The summed E-state index contributed by atoms with van der Waals surface area (Å²) in [6.07, 6.45) is 7.63. The molecule has 0 aromatic heterocycles. The van der Waals surface area contributed by atoms with E-state index in [1.165, 1.54) is 6.42 Å². The minimum atomic E-state index is -0.433. The second-order valence-electron chi connectivity index (χ2n) is 5.02. The largest absolute Gasteiger partial charge is 0.339 e. The van der Waals surface area contributed by atoms with Crippen molar-refractivity contribution in [2.45, 2.75) is 63.4 Å². The van der Waals surface area contributed by atoms with E-state index in [0.29, 0.717) is 0 Å². The van der Waals surface area contributed by atoms with Gasteiger partial charge in [-0.3, -0.25) is 4.79 Å². The zero-order valence-electron chi connectivity index (χ0n) is 9.70. The Balaban J connectivity index is 1.82. The van der Waals surface area contributed by atoms with Gasteiger partial charge in [-0.1, -0.05) is 13.3 Å². The normalized spacial score (nSPS) is 36.6. The fourth-order valence-electron chi connectivity index (χ4n) is 3.07. The first-order chi connectivity index (χ1) is 7.74. The molecule has 16 heavy (non-hydrogen) atoms. The fourth-order valence-corrected chi connectivity index (χ4v) is 3.07. The lowest BCUT2D eigenvalue weighted by atomic mass is 9.94. The molecule has 88 valence electrons. The molecule has 0 radical (unpaired) electrons. The monoisotopic (exact) mass is 222 g/mol. The summed E-state index contributed by atoms with van der Waals surface area (Å²) in [5.41, 5.74) is 1.11. The molecule has 3 aliphatic rings. The third-order valence-corrected chi connectivity index (χ3v) is 3.96. The molecule has 0 amide bonds. The molecule has 1 aliphatic heterocycles. The van der Waals surface area contributed by atoms with Crippen LogP contribution in [0.3, 0.4) is 0 Å². The van der Waals surface area contributed by atoms with Crippen molar-refractivity contribution in [1.29, 1.82) is 0 Å². The predicted octanol–water partition coefficient (Wildman–Crippen LogP) is 2.35. The maximum atomic E-state index is 11.8. The quantitative estimate of drug-likeness (QED) is 0.683. The van der Waals surface area contributed by atoms with Gasteiger partial charge in [0.05, 0.1) is 0 Å². The number of ether oxygens (including phenoxy) is 2. The van der Waals surface area contributed by atoms with Gasteiger partial charge < -0.3 is 9.47 Å². The van der Waals surface area contributed by atoms with Crippen molar-refractivity contribution in [3.05, 3.63) is 11.6 Å². The Morgan fingerprint density at radius 1 is 1.25 bits per heavy atom. The molecule has 2 atom stereocenters. The molecule has 2 aliphatic carbocycles. The van der Waals surface area contributed by atoms with Crippen molar-refractivity contribution in [2.75, 3.05) is 0 Å². The maximum absolute atomic E-state index is 11.8. The Morgan fingerprint density at radius 3 is 2.62 bits per heavy atom. The van der Waals surface area contributed by atoms with Crippen LogP contribution < -0.4 is 0 Å². The fraction of sp³-hybridized carbons (Fsp3) is 0.769. The summed E-state index contributed by atoms with van der Waals surface area (Å²) >= 11 is 0. The van der Waals surface area contributed by atoms with Gasteiger partial charge in [0.1, 0.15) is 6.10 Å². The minimum Gasteiger partial charge on any atom is -0.339 e. The highest BCUT2D eigenvalue weighted by Gasteiger charge is 2.53. The summed E-state index contributed by atoms with van der Waals surface area (Å²) in [4.78, 5) is 11.8. The SMILES string of the molecule is CCC1=CC(=O)[C@@H]2OC3(CCCCC3)O[C@H]12. The van der Waals surface area contributed by atoms with Gasteiger partial charge in [0.15, 0.2) is 17.7 Å². The van der Waals surface area contributed by atoms with Crippen LogP contribution in [0.5, 0.6) is 0 Å². The molecular weight excluding hydrogens is 204 g/mol. The number of carbonyl (C=O) groups is 1. The standard InChI is InChI=1S/C13H18O3/c1-2-9-8-10(14)12-11(9)15-13(16-12)6-4-3-5-7-13/h8,11-12H,2-7H2,1H3/t11-,12+/m1/s1. The topological polar surface area (TPSA) is 35.5 Å². The third-order valence-electron chi connectivity index (χ3n) is 3.96. The summed E-state index contributed by atoms with van der Waals surface area (Å²) in [5.74, 6) is -0.331. The van der Waals surface area contributed by atoms with Gasteiger partial charge in [0.2, 0.25) is 0 Å². The van der Waals surface area contributed by atoms with Crippen molar-refractivity contribution in [3.8, 4) is 0 Å². The molecular formula is C13H18O3. The van der Waals surface area contributed by atoms with E-state index in [1.54, 1.807) is 6.08 Å². The van der Waals surface area contributed by atoms with E-state index in [9.17, 15) is 4.79 Å². The molecule has 3 heteroatoms. The van der Waals surface area contributed by atoms with Gasteiger partial charge in [-0.15, -0.1) is 0 Å². The summed E-state index contributed by atoms with van der Waals surface area (Å²) in [6.45, 7) is 2.07. The van der Waals surface area contributed by atoms with Crippen LogP contribution in [0.4, 0.5) is 0 Å². The first-order valence-electron chi connectivity index (χ1n) is 6.34. The Labute approximate surface area is 95.8 Å². The smallest absolute Gasteiger partial charge is 0.187 e. The Bertz CT molecular complexity index is 339. The molecule has 0 aromatic rings. The summed E-state index contributed by atoms with van der Waals surface area (Å²) in [5, 5.41) is 0. The molecule has 0 bridgehead atoms. The van der Waals surface area contributed by atoms with E-state index < -0.39 is 5.79 Å². The average Bonchev–Trinajstić information content (AvgIpc) is 2.78. The molecule has 1 saturated heterocycles. The molecule has 0 N–H and O–H groups in total. The minimum absolute atomic E-state index is 0.0874. The second kappa shape index (κ2) is 3.67. The summed E-state index contributed by atoms with van der Waals surface area (Å²) in [6, 6.07) is 0. The molecule has 1 heterocycles. The number of fused-ring (bicyclic) bond motifs is 1. The van der Waals surface area contributed by atoms with Crippen molar-refractivity contribution >= 4 is 5.78 Å². The van der Waals surface area contributed by atoms with Crippen LogP contribution in [0.25, 0.3) is 0 Å². The highest BCUT2D eigenvalue weighted by Crippen LogP contribution is 2.45. The van der Waals surface area contributed by atoms with Crippen LogP contribution in [-0.4, -0.2) is 23.8 Å². The summed E-state index contributed by atoms with van der Waals surface area (Å²) in [7, 11) is 0. The Kier molecular flexibility index (Phi) is 2.41. The van der Waals surface area contributed by atoms with Crippen molar-refractivity contribution in [2.24, 2.45) is 0 Å². The van der Waals surface area contributed by atoms with Crippen LogP contribution in [-0.2, 0) is 14.3 Å². The number of ketones is 1. The van der Waals surface area contributed by atoms with Crippen molar-refractivity contribution in [3.63, 3.8) is 0 Å². The zero-order valence-corrected chi connectivity index (χ0v) is 9.70. The van der Waals surface area contributed by atoms with Gasteiger partial charge in [-0.25, -0.2) is 0 Å². The molecule has 1 saturated carbocycles. The van der Waals surface area contributed by atoms with Crippen molar-refractivity contribution in [1.82, 2.24) is 0 Å². The Morgan fingerprint density at radius 2 is 1.94 bits per heavy atom. The number of carbonyl (C=O) groups excluding carboxylic acids is 1. The van der Waals surface area contributed by atoms with Crippen LogP contribution in [0.2, 0.25) is 0 Å². The second-order valence-corrected chi connectivity index (χ2v) is 5.02. The average molecular weight is 222 g/mol. The van der Waals surface area contributed by atoms with Gasteiger partial charge in [0, 0.05) is 12.8 Å². The Hall–Kier alpha value is -0.670. The van der Waals surface area contributed by atoms with Crippen LogP contribution in [0.15, 0.2) is 11.6 Å². The lowest BCUT2D eigenvalue weighted by Crippen LogP contribution is -2.34. The molecule has 1 spiro atoms. The number of rotatable bonds is 1. The first kappa shape index (κ1) is 10.5. The van der Waals surface area contributed by atoms with E-state index in [1.807, 2.05) is 0 Å².